The molecule has 2 aliphatic heterocycles. The van der Waals surface area contributed by atoms with Gasteiger partial charge in [-0.15, -0.1) is 0 Å². The van der Waals surface area contributed by atoms with E-state index in [1.54, 1.807) is 0 Å². The van der Waals surface area contributed by atoms with Gasteiger partial charge in [-0.3, -0.25) is 19.3 Å². The van der Waals surface area contributed by atoms with Crippen LogP contribution < -0.4 is 0 Å². The first-order valence-electron chi connectivity index (χ1n) is 24.5. The Morgan fingerprint density at radius 1 is 0.655 bits per heavy atom. The lowest BCUT2D eigenvalue weighted by Crippen LogP contribution is -2.68. The van der Waals surface area contributed by atoms with Gasteiger partial charge in [-0.2, -0.15) is 0 Å². The highest BCUT2D eigenvalue weighted by atomic mass is 16.5. The zero-order valence-corrected chi connectivity index (χ0v) is 38.2. The van der Waals surface area contributed by atoms with E-state index < -0.39 is 17.3 Å². The molecule has 0 unspecified atom stereocenters. The van der Waals surface area contributed by atoms with Gasteiger partial charge in [0.15, 0.2) is 0 Å². The minimum Gasteiger partial charge on any atom is -0.481 e. The lowest BCUT2D eigenvalue weighted by Gasteiger charge is -2.73. The molecular formula is C50H81N3O5. The third kappa shape index (κ3) is 5.86. The van der Waals surface area contributed by atoms with Gasteiger partial charge in [0.05, 0.1) is 17.3 Å². The van der Waals surface area contributed by atoms with Gasteiger partial charge in [-0.25, -0.2) is 0 Å². The molecule has 0 bridgehead atoms. The van der Waals surface area contributed by atoms with Crippen molar-refractivity contribution in [3.63, 3.8) is 0 Å². The summed E-state index contributed by atoms with van der Waals surface area (Å²) in [4.78, 5) is 48.8. The minimum atomic E-state index is -0.802. The van der Waals surface area contributed by atoms with Crippen LogP contribution in [0.2, 0.25) is 0 Å². The summed E-state index contributed by atoms with van der Waals surface area (Å²) in [5, 5.41) is 9.72. The lowest BCUT2D eigenvalue weighted by molar-refractivity contribution is -0.253. The van der Waals surface area contributed by atoms with Crippen LogP contribution >= 0.6 is 0 Å². The number of hydrogen-bond acceptors (Lipinski definition) is 6. The molecule has 326 valence electrons. The number of likely N-dealkylation sites (N-methyl/N-ethyl adjacent to an activating group) is 1. The number of rotatable bonds is 8. The van der Waals surface area contributed by atoms with E-state index in [1.165, 1.54) is 57.8 Å². The maximum atomic E-state index is 15.6. The summed E-state index contributed by atoms with van der Waals surface area (Å²) in [5.41, 5.74) is 0.102. The quantitative estimate of drug-likeness (QED) is 0.245. The first-order chi connectivity index (χ1) is 27.3. The van der Waals surface area contributed by atoms with Crippen LogP contribution in [-0.4, -0.2) is 95.6 Å². The topological polar surface area (TPSA) is 90.4 Å². The Kier molecular flexibility index (Phi) is 10.00. The predicted octanol–water partition coefficient (Wildman–Crippen LogP) is 9.16. The number of carboxylic acids is 1. The van der Waals surface area contributed by atoms with Gasteiger partial charge in [0, 0.05) is 50.7 Å². The monoisotopic (exact) mass is 804 g/mol. The molecule has 7 aliphatic carbocycles. The molecule has 0 spiro atoms. The van der Waals surface area contributed by atoms with Gasteiger partial charge < -0.3 is 19.6 Å². The van der Waals surface area contributed by atoms with Gasteiger partial charge in [0.25, 0.3) is 0 Å². The van der Waals surface area contributed by atoms with Gasteiger partial charge in [-0.1, -0.05) is 62.3 Å². The average molecular weight is 804 g/mol. The van der Waals surface area contributed by atoms with E-state index in [9.17, 15) is 14.7 Å². The number of fused-ring (bicyclic) bond motifs is 7. The highest BCUT2D eigenvalue weighted by Gasteiger charge is 2.74. The molecule has 13 atom stereocenters. The van der Waals surface area contributed by atoms with Crippen LogP contribution in [0.4, 0.5) is 0 Å². The molecule has 0 radical (unpaired) electrons. The summed E-state index contributed by atoms with van der Waals surface area (Å²) < 4.78 is 6.49. The Hall–Kier alpha value is -1.67. The van der Waals surface area contributed by atoms with Crippen molar-refractivity contribution >= 4 is 17.8 Å². The highest BCUT2D eigenvalue weighted by Crippen LogP contribution is 2.79. The lowest BCUT2D eigenvalue weighted by atomic mass is 9.32. The second-order valence-electron chi connectivity index (χ2n) is 24.5. The van der Waals surface area contributed by atoms with E-state index in [0.29, 0.717) is 53.4 Å². The molecule has 9 fully saturated rings. The standard InChI is InChI=1S/C50H81N3O5/c1-10-51-26-28-52(29-27-51)31-32-12-11-25-53(32)43(57)50-20-15-33(46(6)21-22-46)40(50)34-13-14-38-47(7)18-17-39(58-42(56)36-30-35(41(54)55)44(36,2)3)45(4,5)37(47)16-19-49(38,9)48(34,8)23-24-50/h32-40H,10-31H2,1-9H3,(H,54,55)/t32-,33+,34+,35+,36-,37-,38+,39-,40+,47-,48+,49+,50-/m0/s1. The summed E-state index contributed by atoms with van der Waals surface area (Å²) >= 11 is 0. The van der Waals surface area contributed by atoms with Crippen molar-refractivity contribution in [2.45, 2.75) is 171 Å². The number of carbonyl (C=O) groups is 3. The maximum absolute atomic E-state index is 15.6. The van der Waals surface area contributed by atoms with E-state index in [0.717, 1.165) is 77.9 Å². The van der Waals surface area contributed by atoms with Crippen LogP contribution in [0, 0.1) is 79.3 Å². The molecule has 9 rings (SSSR count). The van der Waals surface area contributed by atoms with Crippen molar-refractivity contribution in [2.24, 2.45) is 79.3 Å². The number of amides is 1. The number of carbonyl (C=O) groups excluding carboxylic acids is 2. The first-order valence-corrected chi connectivity index (χ1v) is 24.5. The van der Waals surface area contributed by atoms with Gasteiger partial charge in [0.1, 0.15) is 6.10 Å². The summed E-state index contributed by atoms with van der Waals surface area (Å²) in [6.45, 7) is 29.3. The first kappa shape index (κ1) is 41.7. The third-order valence-corrected chi connectivity index (χ3v) is 21.9. The fourth-order valence-electron chi connectivity index (χ4n) is 17.6. The van der Waals surface area contributed by atoms with Gasteiger partial charge >= 0.3 is 11.9 Å². The summed E-state index contributed by atoms with van der Waals surface area (Å²) in [7, 11) is 0. The number of esters is 1. The van der Waals surface area contributed by atoms with E-state index in [2.05, 4.69) is 63.2 Å². The van der Waals surface area contributed by atoms with Crippen molar-refractivity contribution < 1.29 is 24.2 Å². The van der Waals surface area contributed by atoms with E-state index in [4.69, 9.17) is 4.74 Å². The largest absolute Gasteiger partial charge is 0.481 e. The smallest absolute Gasteiger partial charge is 0.309 e. The summed E-state index contributed by atoms with van der Waals surface area (Å²) in [6.07, 6.45) is 16.8. The van der Waals surface area contributed by atoms with Crippen molar-refractivity contribution in [3.8, 4) is 0 Å². The van der Waals surface area contributed by atoms with E-state index >= 15 is 4.79 Å². The second-order valence-corrected chi connectivity index (χ2v) is 24.5. The molecule has 9 aliphatic rings. The average Bonchev–Trinajstić information content (AvgIpc) is 3.54. The van der Waals surface area contributed by atoms with Crippen molar-refractivity contribution in [3.05, 3.63) is 0 Å². The van der Waals surface area contributed by atoms with Crippen LogP contribution in [0.25, 0.3) is 0 Å². The van der Waals surface area contributed by atoms with E-state index in [-0.39, 0.29) is 45.1 Å². The molecule has 8 nitrogen and oxygen atoms in total. The number of carboxylic acid groups (broad SMARTS) is 1. The van der Waals surface area contributed by atoms with Crippen LogP contribution in [0.5, 0.6) is 0 Å². The number of aliphatic carboxylic acids is 1. The molecule has 2 heterocycles. The molecule has 8 heteroatoms. The highest BCUT2D eigenvalue weighted by molar-refractivity contribution is 5.84. The third-order valence-electron chi connectivity index (χ3n) is 21.9. The summed E-state index contributed by atoms with van der Waals surface area (Å²) in [6, 6.07) is 0.377. The molecule has 1 amide bonds. The maximum Gasteiger partial charge on any atom is 0.309 e. The van der Waals surface area contributed by atoms with Gasteiger partial charge in [0.2, 0.25) is 5.91 Å². The van der Waals surface area contributed by atoms with Crippen LogP contribution in [0.1, 0.15) is 159 Å². The molecular weight excluding hydrogens is 723 g/mol. The Balaban J connectivity index is 0.953. The van der Waals surface area contributed by atoms with Crippen molar-refractivity contribution in [2.75, 3.05) is 45.8 Å². The molecule has 7 saturated carbocycles. The normalized spacial score (nSPS) is 47.8. The SMILES string of the molecule is CCN1CCN(C[C@@H]2CCCN2C(=O)[C@]23CC[C@@H](C4(C)CC4)[C@@H]2[C@H]2CC[C@@H]4[C@@]5(C)CC[C@H](OC(=O)[C@@H]6C[C@H](C(=O)O)C6(C)C)C(C)(C)[C@@H]5CC[C@@]4(C)[C@]2(C)CC3)CC1. The molecule has 0 aromatic heterocycles. The number of piperazine rings is 1. The van der Waals surface area contributed by atoms with Crippen molar-refractivity contribution in [1.82, 2.24) is 14.7 Å². The fraction of sp³-hybridized carbons (Fsp3) is 0.940. The number of hydrogen-bond donors (Lipinski definition) is 1. The van der Waals surface area contributed by atoms with Crippen LogP contribution in [-0.2, 0) is 19.1 Å². The Labute approximate surface area is 351 Å². The number of nitrogens with zero attached hydrogens (tertiary/aromatic N) is 3. The number of ether oxygens (including phenoxy) is 1. The molecule has 58 heavy (non-hydrogen) atoms. The Bertz CT molecular complexity index is 1650. The van der Waals surface area contributed by atoms with Crippen LogP contribution in [0.3, 0.4) is 0 Å². The van der Waals surface area contributed by atoms with Crippen LogP contribution in [0.15, 0.2) is 0 Å². The Morgan fingerprint density at radius 2 is 1.36 bits per heavy atom. The molecule has 0 aromatic rings. The predicted molar refractivity (Wildman–Crippen MR) is 228 cm³/mol. The Morgan fingerprint density at radius 3 is 2.02 bits per heavy atom. The molecule has 2 saturated heterocycles. The van der Waals surface area contributed by atoms with E-state index in [1.807, 2.05) is 13.8 Å². The van der Waals surface area contributed by atoms with Crippen molar-refractivity contribution in [1.29, 1.82) is 0 Å². The second kappa shape index (κ2) is 13.9. The zero-order valence-electron chi connectivity index (χ0n) is 38.2. The number of likely N-dealkylation sites (tertiary alicyclic amines) is 1. The fourth-order valence-corrected chi connectivity index (χ4v) is 17.6. The molecule has 0 aromatic carbocycles. The summed E-state index contributed by atoms with van der Waals surface area (Å²) in [5.74, 6) is 1.64. The molecule has 1 N–H and O–H groups in total. The van der Waals surface area contributed by atoms with Gasteiger partial charge in [-0.05, 0) is 160 Å². The minimum absolute atomic E-state index is 0.135. The zero-order chi connectivity index (χ0) is 41.4.